The average Bonchev–Trinajstić information content (AvgIpc) is 3.30. The Bertz CT molecular complexity index is 959. The Labute approximate surface area is 148 Å². The van der Waals surface area contributed by atoms with Crippen LogP contribution in [0.4, 0.5) is 10.5 Å². The Morgan fingerprint density at radius 3 is 2.72 bits per heavy atom. The van der Waals surface area contributed by atoms with Crippen molar-refractivity contribution in [3.8, 4) is 11.3 Å². The largest absolute Gasteiger partial charge is 0.357 e. The second kappa shape index (κ2) is 6.74. The van der Waals surface area contributed by atoms with E-state index in [-0.39, 0.29) is 6.03 Å². The summed E-state index contributed by atoms with van der Waals surface area (Å²) in [6, 6.07) is 17.3. The van der Waals surface area contributed by atoms with Crippen LogP contribution < -0.4 is 10.6 Å². The fourth-order valence-corrected chi connectivity index (χ4v) is 3.06. The average molecular weight is 349 g/mol. The lowest BCUT2D eigenvalue weighted by molar-refractivity contribution is 0.251. The number of amides is 2. The lowest BCUT2D eigenvalue weighted by atomic mass is 10.1. The second-order valence-corrected chi connectivity index (χ2v) is 6.17. The fourth-order valence-electron chi connectivity index (χ4n) is 2.59. The zero-order chi connectivity index (χ0) is 17.1. The molecule has 3 N–H and O–H groups in total. The molecular weight excluding hydrogens is 334 g/mol. The van der Waals surface area contributed by atoms with Crippen molar-refractivity contribution in [2.24, 2.45) is 0 Å². The third kappa shape index (κ3) is 3.51. The maximum Gasteiger partial charge on any atom is 0.319 e. The number of anilines is 1. The van der Waals surface area contributed by atoms with Gasteiger partial charge in [0.05, 0.1) is 6.54 Å². The first kappa shape index (κ1) is 15.3. The van der Waals surface area contributed by atoms with Gasteiger partial charge < -0.3 is 15.6 Å². The summed E-state index contributed by atoms with van der Waals surface area (Å²) in [5, 5.41) is 12.7. The van der Waals surface area contributed by atoms with Crippen LogP contribution >= 0.6 is 11.5 Å². The Hall–Kier alpha value is -3.19. The first-order valence-corrected chi connectivity index (χ1v) is 8.60. The molecule has 4 aromatic rings. The van der Waals surface area contributed by atoms with Crippen molar-refractivity contribution in [3.05, 3.63) is 65.7 Å². The Balaban J connectivity index is 1.35. The molecule has 0 aliphatic carbocycles. The zero-order valence-corrected chi connectivity index (χ0v) is 14.0. The topological polar surface area (TPSA) is 82.7 Å². The molecule has 0 radical (unpaired) electrons. The minimum absolute atomic E-state index is 0.248. The lowest BCUT2D eigenvalue weighted by Crippen LogP contribution is -2.28. The van der Waals surface area contributed by atoms with Crippen LogP contribution in [0.5, 0.6) is 0 Å². The first-order chi connectivity index (χ1) is 12.3. The highest BCUT2D eigenvalue weighted by atomic mass is 32.1. The van der Waals surface area contributed by atoms with Gasteiger partial charge in [-0.25, -0.2) is 4.79 Å². The van der Waals surface area contributed by atoms with E-state index in [0.717, 1.165) is 33.5 Å². The molecule has 25 heavy (non-hydrogen) atoms. The van der Waals surface area contributed by atoms with Crippen LogP contribution in [0.25, 0.3) is 22.2 Å². The van der Waals surface area contributed by atoms with Gasteiger partial charge in [-0.05, 0) is 41.2 Å². The summed E-state index contributed by atoms with van der Waals surface area (Å²) in [7, 11) is 0. The molecule has 0 aliphatic rings. The van der Waals surface area contributed by atoms with E-state index in [4.69, 9.17) is 0 Å². The number of nitrogens with one attached hydrogen (secondary N) is 3. The molecule has 6 nitrogen and oxygen atoms in total. The third-order valence-corrected chi connectivity index (χ3v) is 4.33. The summed E-state index contributed by atoms with van der Waals surface area (Å²) in [6.45, 7) is 0.434. The van der Waals surface area contributed by atoms with E-state index in [1.807, 2.05) is 60.0 Å². The predicted octanol–water partition coefficient (Wildman–Crippen LogP) is 4.01. The number of carbonyl (C=O) groups is 1. The standard InChI is InChI=1S/C18H15N5OS/c24-18(19-10-15-9-13-3-1-2-4-16(13)20-15)21-14-7-5-12(6-8-14)17-11-25-23-22-17/h1-9,11,20H,10H2,(H2,19,21,24). The molecule has 4 rings (SSSR count). The molecule has 0 atom stereocenters. The highest BCUT2D eigenvalue weighted by Gasteiger charge is 2.05. The maximum absolute atomic E-state index is 12.1. The normalized spacial score (nSPS) is 10.7. The molecule has 0 fully saturated rings. The van der Waals surface area contributed by atoms with Crippen molar-refractivity contribution in [2.75, 3.05) is 5.32 Å². The van der Waals surface area contributed by atoms with Crippen LogP contribution in [-0.4, -0.2) is 20.6 Å². The number of hydrogen-bond donors (Lipinski definition) is 3. The van der Waals surface area contributed by atoms with Crippen molar-refractivity contribution >= 4 is 34.2 Å². The van der Waals surface area contributed by atoms with E-state index in [1.54, 1.807) is 0 Å². The highest BCUT2D eigenvalue weighted by molar-refractivity contribution is 7.03. The number of fused-ring (bicyclic) bond motifs is 1. The summed E-state index contributed by atoms with van der Waals surface area (Å²) in [6.07, 6.45) is 0. The van der Waals surface area contributed by atoms with Gasteiger partial charge in [0.2, 0.25) is 0 Å². The quantitative estimate of drug-likeness (QED) is 0.520. The number of H-pyrrole nitrogens is 1. The highest BCUT2D eigenvalue weighted by Crippen LogP contribution is 2.20. The van der Waals surface area contributed by atoms with Crippen molar-refractivity contribution in [1.29, 1.82) is 0 Å². The molecule has 0 spiro atoms. The molecule has 124 valence electrons. The number of aromatic amines is 1. The molecule has 2 amide bonds. The van der Waals surface area contributed by atoms with Crippen LogP contribution in [0.1, 0.15) is 5.69 Å². The number of benzene rings is 2. The van der Waals surface area contributed by atoms with Crippen molar-refractivity contribution < 1.29 is 4.79 Å². The predicted molar refractivity (Wildman–Crippen MR) is 99.5 cm³/mol. The maximum atomic E-state index is 12.1. The van der Waals surface area contributed by atoms with Gasteiger partial charge in [-0.2, -0.15) is 0 Å². The minimum atomic E-state index is -0.248. The molecule has 0 bridgehead atoms. The monoisotopic (exact) mass is 349 g/mol. The minimum Gasteiger partial charge on any atom is -0.357 e. The van der Waals surface area contributed by atoms with Crippen LogP contribution in [0.15, 0.2) is 60.0 Å². The van der Waals surface area contributed by atoms with E-state index < -0.39 is 0 Å². The van der Waals surface area contributed by atoms with Gasteiger partial charge in [-0.1, -0.05) is 34.8 Å². The summed E-state index contributed by atoms with van der Waals surface area (Å²) >= 11 is 1.31. The number of carbonyl (C=O) groups excluding carboxylic acids is 1. The van der Waals surface area contributed by atoms with Gasteiger partial charge in [0.1, 0.15) is 5.69 Å². The fraction of sp³-hybridized carbons (Fsp3) is 0.0556. The van der Waals surface area contributed by atoms with E-state index in [2.05, 4.69) is 25.2 Å². The third-order valence-electron chi connectivity index (χ3n) is 3.82. The van der Waals surface area contributed by atoms with Crippen LogP contribution in [-0.2, 0) is 6.54 Å². The molecule has 0 unspecified atom stereocenters. The van der Waals surface area contributed by atoms with Gasteiger partial charge in [0, 0.05) is 27.8 Å². The van der Waals surface area contributed by atoms with Gasteiger partial charge in [-0.15, -0.1) is 5.10 Å². The number of aromatic nitrogens is 3. The van der Waals surface area contributed by atoms with Gasteiger partial charge in [0.15, 0.2) is 0 Å². The smallest absolute Gasteiger partial charge is 0.319 e. The Kier molecular flexibility index (Phi) is 4.14. The van der Waals surface area contributed by atoms with Gasteiger partial charge in [0.25, 0.3) is 0 Å². The molecule has 0 saturated carbocycles. The Morgan fingerprint density at radius 2 is 1.96 bits per heavy atom. The number of para-hydroxylation sites is 1. The van der Waals surface area contributed by atoms with Crippen LogP contribution in [0.3, 0.4) is 0 Å². The zero-order valence-electron chi connectivity index (χ0n) is 13.2. The molecule has 2 heterocycles. The molecular formula is C18H15N5OS. The summed E-state index contributed by atoms with van der Waals surface area (Å²) in [5.74, 6) is 0. The number of nitrogens with zero attached hydrogens (tertiary/aromatic N) is 2. The van der Waals surface area contributed by atoms with E-state index in [1.165, 1.54) is 11.5 Å². The lowest BCUT2D eigenvalue weighted by Gasteiger charge is -2.07. The molecule has 2 aromatic heterocycles. The summed E-state index contributed by atoms with van der Waals surface area (Å²) in [5.41, 5.74) is 4.55. The van der Waals surface area contributed by atoms with Crippen molar-refractivity contribution in [3.63, 3.8) is 0 Å². The first-order valence-electron chi connectivity index (χ1n) is 7.77. The van der Waals surface area contributed by atoms with Crippen molar-refractivity contribution in [2.45, 2.75) is 6.54 Å². The van der Waals surface area contributed by atoms with Crippen molar-refractivity contribution in [1.82, 2.24) is 19.9 Å². The van der Waals surface area contributed by atoms with Crippen LogP contribution in [0.2, 0.25) is 0 Å². The number of rotatable bonds is 4. The molecule has 0 saturated heterocycles. The van der Waals surface area contributed by atoms with E-state index >= 15 is 0 Å². The van der Waals surface area contributed by atoms with Gasteiger partial charge in [-0.3, -0.25) is 0 Å². The van der Waals surface area contributed by atoms with Gasteiger partial charge >= 0.3 is 6.03 Å². The number of urea groups is 1. The van der Waals surface area contributed by atoms with Crippen LogP contribution in [0, 0.1) is 0 Å². The SMILES string of the molecule is O=C(NCc1cc2ccccc2[nH]1)Nc1ccc(-c2csnn2)cc1. The molecule has 2 aromatic carbocycles. The number of hydrogen-bond acceptors (Lipinski definition) is 4. The van der Waals surface area contributed by atoms with E-state index in [0.29, 0.717) is 6.54 Å². The second-order valence-electron chi connectivity index (χ2n) is 5.56. The summed E-state index contributed by atoms with van der Waals surface area (Å²) in [4.78, 5) is 15.3. The summed E-state index contributed by atoms with van der Waals surface area (Å²) < 4.78 is 3.85. The Morgan fingerprint density at radius 1 is 1.12 bits per heavy atom. The molecule has 7 heteroatoms. The molecule has 0 aliphatic heterocycles. The van der Waals surface area contributed by atoms with E-state index in [9.17, 15) is 4.79 Å².